The van der Waals surface area contributed by atoms with E-state index in [1.807, 2.05) is 23.5 Å². The van der Waals surface area contributed by atoms with Crippen molar-refractivity contribution in [3.63, 3.8) is 0 Å². The molecule has 2 unspecified atom stereocenters. The van der Waals surface area contributed by atoms with E-state index >= 15 is 0 Å². The van der Waals surface area contributed by atoms with Crippen molar-refractivity contribution >= 4 is 27.9 Å². The van der Waals surface area contributed by atoms with E-state index < -0.39 is 0 Å². The van der Waals surface area contributed by atoms with Crippen molar-refractivity contribution in [1.82, 2.24) is 14.9 Å². The Hall–Kier alpha value is -1.11. The lowest BCUT2D eigenvalue weighted by Gasteiger charge is -2.46. The zero-order valence-electron chi connectivity index (χ0n) is 16.7. The number of benzene rings is 1. The summed E-state index contributed by atoms with van der Waals surface area (Å²) in [6.07, 6.45) is 0.273. The molecule has 2 heterocycles. The van der Waals surface area contributed by atoms with Gasteiger partial charge < -0.3 is 4.90 Å². The van der Waals surface area contributed by atoms with Crippen LogP contribution in [0.5, 0.6) is 0 Å². The molecule has 3 rings (SSSR count). The molecule has 2 aromatic rings. The van der Waals surface area contributed by atoms with Crippen LogP contribution in [0.3, 0.4) is 0 Å². The number of hydrogen-bond donors (Lipinski definition) is 0. The van der Waals surface area contributed by atoms with Crippen LogP contribution in [0, 0.1) is 13.8 Å². The van der Waals surface area contributed by atoms with Crippen LogP contribution in [0.25, 0.3) is 0 Å². The van der Waals surface area contributed by atoms with Gasteiger partial charge in [-0.05, 0) is 51.1 Å². The fraction of sp³-hybridized carbons (Fsp3) is 0.500. The molecule has 0 spiro atoms. The Labute approximate surface area is 166 Å². The molecule has 142 valence electrons. The number of fused-ring (bicyclic) bond motifs is 1. The summed E-state index contributed by atoms with van der Waals surface area (Å²) in [6.45, 7) is 7.64. The van der Waals surface area contributed by atoms with Crippen LogP contribution < -0.4 is 4.90 Å². The topological polar surface area (TPSA) is 13.0 Å². The van der Waals surface area contributed by atoms with Crippen LogP contribution in [-0.4, -0.2) is 55.9 Å². The van der Waals surface area contributed by atoms with Gasteiger partial charge in [0, 0.05) is 36.6 Å². The largest absolute Gasteiger partial charge is 0.333 e. The van der Waals surface area contributed by atoms with Crippen molar-refractivity contribution in [1.29, 1.82) is 0 Å². The number of hydrazine groups is 1. The maximum Gasteiger partial charge on any atom is 0.0989 e. The Morgan fingerprint density at radius 3 is 2.35 bits per heavy atom. The van der Waals surface area contributed by atoms with Gasteiger partial charge in [-0.2, -0.15) is 0 Å². The molecule has 1 aliphatic rings. The molecule has 0 saturated carbocycles. The Kier molecular flexibility index (Phi) is 5.66. The van der Waals surface area contributed by atoms with Gasteiger partial charge in [0.2, 0.25) is 0 Å². The van der Waals surface area contributed by atoms with E-state index in [1.165, 1.54) is 26.6 Å². The van der Waals surface area contributed by atoms with Crippen molar-refractivity contribution < 1.29 is 0 Å². The predicted octanol–water partition coefficient (Wildman–Crippen LogP) is 4.57. The Morgan fingerprint density at radius 2 is 1.77 bits per heavy atom. The van der Waals surface area contributed by atoms with Crippen LogP contribution >= 0.6 is 22.9 Å². The first-order valence-corrected chi connectivity index (χ1v) is 10.1. The van der Waals surface area contributed by atoms with Crippen LogP contribution in [0.4, 0.5) is 5.00 Å². The third kappa shape index (κ3) is 3.39. The third-order valence-corrected chi connectivity index (χ3v) is 7.08. The van der Waals surface area contributed by atoms with Gasteiger partial charge in [-0.1, -0.05) is 23.7 Å². The van der Waals surface area contributed by atoms with Crippen molar-refractivity contribution in [2.45, 2.75) is 33.0 Å². The van der Waals surface area contributed by atoms with E-state index in [1.54, 1.807) is 0 Å². The molecule has 1 aromatic carbocycles. The van der Waals surface area contributed by atoms with Crippen molar-refractivity contribution in [3.05, 3.63) is 50.9 Å². The lowest BCUT2D eigenvalue weighted by Crippen LogP contribution is -2.55. The standard InChI is InChI=1S/C20H29ClN4S/c1-13-14(2)26-20-18(13)19(16-8-10-17(21)11-9-16)23(6)12-25(20)15(3)24(7)22(4)5/h8-11,15,19H,12H2,1-7H3. The molecule has 0 N–H and O–H groups in total. The number of nitrogens with zero attached hydrogens (tertiary/aromatic N) is 4. The fourth-order valence-corrected chi connectivity index (χ4v) is 5.04. The SMILES string of the molecule is Cc1sc2c(c1C)C(c1ccc(Cl)cc1)N(C)CN2C(C)N(C)N(C)C. The maximum absolute atomic E-state index is 6.12. The molecular weight excluding hydrogens is 364 g/mol. The highest BCUT2D eigenvalue weighted by Gasteiger charge is 2.37. The second kappa shape index (κ2) is 7.49. The van der Waals surface area contributed by atoms with Crippen molar-refractivity contribution in [3.8, 4) is 0 Å². The third-order valence-electron chi connectivity index (χ3n) is 5.57. The number of thiophene rings is 1. The van der Waals surface area contributed by atoms with Gasteiger partial charge in [-0.25, -0.2) is 10.0 Å². The Morgan fingerprint density at radius 1 is 1.15 bits per heavy atom. The van der Waals surface area contributed by atoms with E-state index in [2.05, 4.69) is 80.9 Å². The van der Waals surface area contributed by atoms with Gasteiger partial charge in [0.05, 0.1) is 23.9 Å². The minimum atomic E-state index is 0.264. The number of halogens is 1. The van der Waals surface area contributed by atoms with Crippen LogP contribution in [0.2, 0.25) is 5.02 Å². The molecule has 0 aliphatic carbocycles. The highest BCUT2D eigenvalue weighted by atomic mass is 35.5. The normalized spacial score (nSPS) is 19.3. The smallest absolute Gasteiger partial charge is 0.0989 e. The molecule has 0 amide bonds. The summed E-state index contributed by atoms with van der Waals surface area (Å²) >= 11 is 8.04. The molecular formula is C20H29ClN4S. The summed E-state index contributed by atoms with van der Waals surface area (Å²) in [5.74, 6) is 0. The number of rotatable bonds is 4. The van der Waals surface area contributed by atoms with E-state index in [9.17, 15) is 0 Å². The fourth-order valence-electron chi connectivity index (χ4n) is 3.66. The summed E-state index contributed by atoms with van der Waals surface area (Å²) in [5.41, 5.74) is 4.14. The van der Waals surface area contributed by atoms with Gasteiger partial charge >= 0.3 is 0 Å². The minimum Gasteiger partial charge on any atom is -0.333 e. The second-order valence-corrected chi connectivity index (χ2v) is 9.02. The quantitative estimate of drug-likeness (QED) is 0.706. The Bertz CT molecular complexity index is 771. The molecule has 26 heavy (non-hydrogen) atoms. The molecule has 2 atom stereocenters. The summed E-state index contributed by atoms with van der Waals surface area (Å²) in [7, 11) is 8.53. The van der Waals surface area contributed by atoms with Crippen molar-refractivity contribution in [2.75, 3.05) is 39.8 Å². The molecule has 4 nitrogen and oxygen atoms in total. The van der Waals surface area contributed by atoms with E-state index in [0.29, 0.717) is 0 Å². The molecule has 6 heteroatoms. The minimum absolute atomic E-state index is 0.264. The summed E-state index contributed by atoms with van der Waals surface area (Å²) in [6, 6.07) is 8.57. The van der Waals surface area contributed by atoms with Gasteiger partial charge in [0.1, 0.15) is 0 Å². The van der Waals surface area contributed by atoms with Crippen LogP contribution in [-0.2, 0) is 0 Å². The zero-order chi connectivity index (χ0) is 19.2. The molecule has 0 bridgehead atoms. The van der Waals surface area contributed by atoms with Gasteiger partial charge in [-0.15, -0.1) is 11.3 Å². The van der Waals surface area contributed by atoms with Crippen LogP contribution in [0.1, 0.15) is 34.5 Å². The monoisotopic (exact) mass is 392 g/mol. The highest BCUT2D eigenvalue weighted by Crippen LogP contribution is 2.47. The summed E-state index contributed by atoms with van der Waals surface area (Å²) in [4.78, 5) is 6.34. The molecule has 0 radical (unpaired) electrons. The van der Waals surface area contributed by atoms with Gasteiger partial charge in [0.25, 0.3) is 0 Å². The average Bonchev–Trinajstić information content (AvgIpc) is 2.89. The Balaban J connectivity index is 2.08. The molecule has 1 aromatic heterocycles. The lowest BCUT2D eigenvalue weighted by atomic mass is 9.94. The first kappa shape index (κ1) is 19.6. The zero-order valence-corrected chi connectivity index (χ0v) is 18.3. The van der Waals surface area contributed by atoms with Gasteiger partial charge in [0.15, 0.2) is 0 Å². The first-order chi connectivity index (χ1) is 12.2. The first-order valence-electron chi connectivity index (χ1n) is 8.94. The highest BCUT2D eigenvalue weighted by molar-refractivity contribution is 7.16. The summed E-state index contributed by atoms with van der Waals surface area (Å²) < 4.78 is 0. The molecule has 0 fully saturated rings. The summed E-state index contributed by atoms with van der Waals surface area (Å²) in [5, 5.41) is 6.58. The maximum atomic E-state index is 6.12. The lowest BCUT2D eigenvalue weighted by molar-refractivity contribution is 0.0103. The molecule has 1 aliphatic heterocycles. The van der Waals surface area contributed by atoms with Gasteiger partial charge in [-0.3, -0.25) is 4.90 Å². The second-order valence-electron chi connectivity index (χ2n) is 7.38. The van der Waals surface area contributed by atoms with E-state index in [4.69, 9.17) is 11.6 Å². The van der Waals surface area contributed by atoms with Crippen LogP contribution in [0.15, 0.2) is 24.3 Å². The average molecular weight is 393 g/mol. The number of hydrogen-bond acceptors (Lipinski definition) is 5. The van der Waals surface area contributed by atoms with E-state index in [0.717, 1.165) is 11.7 Å². The predicted molar refractivity (Wildman–Crippen MR) is 113 cm³/mol. The molecule has 0 saturated heterocycles. The van der Waals surface area contributed by atoms with Crippen molar-refractivity contribution in [2.24, 2.45) is 0 Å². The number of aryl methyl sites for hydroxylation is 1. The number of anilines is 1. The van der Waals surface area contributed by atoms with E-state index in [-0.39, 0.29) is 12.2 Å².